The highest BCUT2D eigenvalue weighted by atomic mass is 28.4. The van der Waals surface area contributed by atoms with Gasteiger partial charge in [-0.3, -0.25) is 9.59 Å². The number of benzene rings is 1. The van der Waals surface area contributed by atoms with E-state index >= 15 is 0 Å². The van der Waals surface area contributed by atoms with Gasteiger partial charge in [0.1, 0.15) is 11.3 Å². The Bertz CT molecular complexity index is 432. The summed E-state index contributed by atoms with van der Waals surface area (Å²) in [6, 6.07) is 9.34. The van der Waals surface area contributed by atoms with Crippen molar-refractivity contribution in [3.8, 4) is 0 Å². The van der Waals surface area contributed by atoms with Gasteiger partial charge in [-0.2, -0.15) is 0 Å². The molecular formula is C14H20O4Si. The molecule has 0 aromatic heterocycles. The van der Waals surface area contributed by atoms with Gasteiger partial charge in [-0.25, -0.2) is 0 Å². The lowest BCUT2D eigenvalue weighted by Crippen LogP contribution is -2.50. The summed E-state index contributed by atoms with van der Waals surface area (Å²) in [7, 11) is 0.160. The summed E-state index contributed by atoms with van der Waals surface area (Å²) in [5.74, 6) is -0.420. The Morgan fingerprint density at radius 1 is 1.16 bits per heavy atom. The van der Waals surface area contributed by atoms with E-state index in [9.17, 15) is 9.59 Å². The maximum Gasteiger partial charge on any atom is 0.356 e. The predicted molar refractivity (Wildman–Crippen MR) is 75.5 cm³/mol. The molecule has 0 aliphatic heterocycles. The molecule has 1 rings (SSSR count). The third-order valence-corrected chi connectivity index (χ3v) is 7.27. The first-order valence-electron chi connectivity index (χ1n) is 6.22. The van der Waals surface area contributed by atoms with Gasteiger partial charge in [0.2, 0.25) is 0 Å². The molecule has 0 aliphatic rings. The van der Waals surface area contributed by atoms with Crippen LogP contribution in [0.3, 0.4) is 0 Å². The van der Waals surface area contributed by atoms with Gasteiger partial charge in [0.15, 0.2) is 5.78 Å². The predicted octanol–water partition coefficient (Wildman–Crippen LogP) is 2.58. The lowest BCUT2D eigenvalue weighted by atomic mass is 10.1. The molecule has 5 heteroatoms. The van der Waals surface area contributed by atoms with Crippen LogP contribution in [-0.2, 0) is 13.6 Å². The Morgan fingerprint density at radius 3 is 2.05 bits per heavy atom. The van der Waals surface area contributed by atoms with Crippen molar-refractivity contribution in [1.29, 1.82) is 0 Å². The van der Waals surface area contributed by atoms with Gasteiger partial charge in [-0.05, 0) is 13.0 Å². The van der Waals surface area contributed by atoms with E-state index in [1.54, 1.807) is 24.3 Å². The first-order valence-corrected chi connectivity index (χ1v) is 8.32. The van der Waals surface area contributed by atoms with E-state index in [4.69, 9.17) is 8.85 Å². The molecule has 1 aromatic rings. The summed E-state index contributed by atoms with van der Waals surface area (Å²) in [6.07, 6.45) is 0. The van der Waals surface area contributed by atoms with Crippen molar-refractivity contribution in [2.24, 2.45) is 0 Å². The zero-order chi connectivity index (χ0) is 14.5. The summed E-state index contributed by atoms with van der Waals surface area (Å²) >= 11 is 0. The van der Waals surface area contributed by atoms with Crippen molar-refractivity contribution < 1.29 is 18.4 Å². The Morgan fingerprint density at radius 2 is 1.68 bits per heavy atom. The fourth-order valence-corrected chi connectivity index (χ4v) is 5.08. The van der Waals surface area contributed by atoms with Crippen LogP contribution >= 0.6 is 0 Å². The number of hydrogen-bond donors (Lipinski definition) is 0. The summed E-state index contributed by atoms with van der Waals surface area (Å²) in [4.78, 5) is 24.5. The number of Topliss-reactive ketones (excluding diaryl/α,β-unsaturated/α-hetero) is 2. The van der Waals surface area contributed by atoms with Gasteiger partial charge in [-0.1, -0.05) is 37.3 Å². The van der Waals surface area contributed by atoms with E-state index in [0.717, 1.165) is 0 Å². The lowest BCUT2D eigenvalue weighted by Gasteiger charge is -2.31. The third kappa shape index (κ3) is 3.18. The van der Waals surface area contributed by atoms with E-state index in [2.05, 4.69) is 0 Å². The van der Waals surface area contributed by atoms with Crippen LogP contribution in [0.4, 0.5) is 0 Å². The Hall–Kier alpha value is -1.30. The summed E-state index contributed by atoms with van der Waals surface area (Å²) in [5.41, 5.74) is -0.308. The van der Waals surface area contributed by atoms with Crippen LogP contribution in [0.15, 0.2) is 30.3 Å². The normalized spacial score (nSPS) is 13.1. The molecule has 0 saturated heterocycles. The van der Waals surface area contributed by atoms with Crippen LogP contribution in [0.2, 0.25) is 11.6 Å². The molecule has 0 aliphatic carbocycles. The smallest absolute Gasteiger partial charge is 0.356 e. The zero-order valence-corrected chi connectivity index (χ0v) is 12.8. The van der Waals surface area contributed by atoms with Crippen LogP contribution < -0.4 is 0 Å². The zero-order valence-electron chi connectivity index (χ0n) is 11.8. The number of hydrogen-bond acceptors (Lipinski definition) is 4. The van der Waals surface area contributed by atoms with Gasteiger partial charge in [0.25, 0.3) is 0 Å². The highest BCUT2D eigenvalue weighted by molar-refractivity contribution is 6.77. The van der Waals surface area contributed by atoms with Crippen molar-refractivity contribution in [3.05, 3.63) is 35.9 Å². The molecule has 4 nitrogen and oxygen atoms in total. The molecule has 1 unspecified atom stereocenters. The van der Waals surface area contributed by atoms with E-state index in [1.165, 1.54) is 21.1 Å². The molecule has 0 N–H and O–H groups in total. The lowest BCUT2D eigenvalue weighted by molar-refractivity contribution is -0.116. The van der Waals surface area contributed by atoms with Crippen molar-refractivity contribution in [3.63, 3.8) is 0 Å². The average Bonchev–Trinajstić information content (AvgIpc) is 2.45. The standard InChI is InChI=1S/C14H20O4Si/c1-5-19(17-3,18-4)14(11(2)15)13(16)12-9-7-6-8-10-12/h6-10,14H,5H2,1-4H3. The van der Waals surface area contributed by atoms with Gasteiger partial charge < -0.3 is 8.85 Å². The van der Waals surface area contributed by atoms with Gasteiger partial charge >= 0.3 is 8.56 Å². The SMILES string of the molecule is CC[Si](OC)(OC)C(C(C)=O)C(=O)c1ccccc1. The Kier molecular flexibility index (Phi) is 5.59. The number of rotatable bonds is 7. The first kappa shape index (κ1) is 15.8. The molecule has 0 amide bonds. The maximum absolute atomic E-state index is 12.6. The molecule has 0 saturated carbocycles. The van der Waals surface area contributed by atoms with Crippen LogP contribution in [0.1, 0.15) is 24.2 Å². The first-order chi connectivity index (χ1) is 9.02. The molecule has 0 bridgehead atoms. The fourth-order valence-electron chi connectivity index (χ4n) is 2.27. The summed E-state index contributed by atoms with van der Waals surface area (Å²) in [6.45, 7) is 3.30. The van der Waals surface area contributed by atoms with E-state index in [1.807, 2.05) is 13.0 Å². The van der Waals surface area contributed by atoms with Crippen LogP contribution in [0.25, 0.3) is 0 Å². The maximum atomic E-state index is 12.6. The van der Waals surface area contributed by atoms with E-state index in [0.29, 0.717) is 11.6 Å². The number of carbonyl (C=O) groups is 2. The van der Waals surface area contributed by atoms with Gasteiger partial charge in [0, 0.05) is 19.8 Å². The highest BCUT2D eigenvalue weighted by Gasteiger charge is 2.50. The van der Waals surface area contributed by atoms with Crippen molar-refractivity contribution in [2.45, 2.75) is 25.4 Å². The van der Waals surface area contributed by atoms with Crippen molar-refractivity contribution in [1.82, 2.24) is 0 Å². The second-order valence-electron chi connectivity index (χ2n) is 4.35. The molecule has 19 heavy (non-hydrogen) atoms. The second-order valence-corrected chi connectivity index (χ2v) is 8.07. The molecule has 0 heterocycles. The fraction of sp³-hybridized carbons (Fsp3) is 0.429. The topological polar surface area (TPSA) is 52.6 Å². The molecule has 104 valence electrons. The number of carbonyl (C=O) groups excluding carboxylic acids is 2. The van der Waals surface area contributed by atoms with Gasteiger partial charge in [-0.15, -0.1) is 0 Å². The minimum absolute atomic E-state index is 0.203. The van der Waals surface area contributed by atoms with Crippen LogP contribution in [0, 0.1) is 0 Å². The summed E-state index contributed by atoms with van der Waals surface area (Å²) < 4.78 is 11.0. The second kappa shape index (κ2) is 6.74. The van der Waals surface area contributed by atoms with Crippen LogP contribution in [-0.4, -0.2) is 34.3 Å². The largest absolute Gasteiger partial charge is 0.397 e. The monoisotopic (exact) mass is 280 g/mol. The van der Waals surface area contributed by atoms with E-state index in [-0.39, 0.29) is 11.6 Å². The minimum Gasteiger partial charge on any atom is -0.397 e. The molecule has 0 radical (unpaired) electrons. The molecule has 1 aromatic carbocycles. The van der Waals surface area contributed by atoms with Crippen molar-refractivity contribution >= 4 is 20.1 Å². The number of ketones is 2. The molecule has 1 atom stereocenters. The van der Waals surface area contributed by atoms with Crippen LogP contribution in [0.5, 0.6) is 0 Å². The average molecular weight is 280 g/mol. The van der Waals surface area contributed by atoms with Gasteiger partial charge in [0.05, 0.1) is 0 Å². The Balaban J connectivity index is 3.21. The van der Waals surface area contributed by atoms with Crippen molar-refractivity contribution in [2.75, 3.05) is 14.2 Å². The molecule has 0 fully saturated rings. The minimum atomic E-state index is -2.85. The Labute approximate surface area is 115 Å². The quantitative estimate of drug-likeness (QED) is 0.437. The summed E-state index contributed by atoms with van der Waals surface area (Å²) in [5, 5.41) is 0. The third-order valence-electron chi connectivity index (χ3n) is 3.35. The molecule has 0 spiro atoms. The van der Waals surface area contributed by atoms with E-state index < -0.39 is 14.1 Å². The highest BCUT2D eigenvalue weighted by Crippen LogP contribution is 2.31. The molecular weight excluding hydrogens is 260 g/mol.